The first kappa shape index (κ1) is 17.5. The van der Waals surface area contributed by atoms with Crippen LogP contribution in [0.5, 0.6) is 23.0 Å². The van der Waals surface area contributed by atoms with Gasteiger partial charge in [-0.2, -0.15) is 0 Å². The highest BCUT2D eigenvalue weighted by Gasteiger charge is 2.30. The minimum atomic E-state index is -0.0874. The lowest BCUT2D eigenvalue weighted by atomic mass is 9.84. The highest BCUT2D eigenvalue weighted by atomic mass is 16.7. The number of rotatable bonds is 5. The SMILES string of the molecule is CCOc1cc([C@H]2CC(=O)Nc3cc4c(cc32)OCO4)ccc1OC(C)C. The number of anilines is 1. The van der Waals surface area contributed by atoms with Crippen LogP contribution in [0, 0.1) is 0 Å². The molecular weight excluding hydrogens is 346 g/mol. The van der Waals surface area contributed by atoms with Crippen LogP contribution in [0.1, 0.15) is 44.2 Å². The second kappa shape index (κ2) is 7.02. The Morgan fingerprint density at radius 1 is 1.15 bits per heavy atom. The summed E-state index contributed by atoms with van der Waals surface area (Å²) < 4.78 is 22.6. The van der Waals surface area contributed by atoms with E-state index in [9.17, 15) is 4.79 Å². The lowest BCUT2D eigenvalue weighted by molar-refractivity contribution is -0.116. The molecule has 1 amide bonds. The van der Waals surface area contributed by atoms with Gasteiger partial charge in [0, 0.05) is 24.1 Å². The molecule has 2 aliphatic heterocycles. The van der Waals surface area contributed by atoms with Crippen molar-refractivity contribution in [3.8, 4) is 23.0 Å². The lowest BCUT2D eigenvalue weighted by Gasteiger charge is -2.27. The van der Waals surface area contributed by atoms with Gasteiger partial charge in [0.15, 0.2) is 23.0 Å². The number of carbonyl (C=O) groups excluding carboxylic acids is 1. The molecule has 1 N–H and O–H groups in total. The van der Waals surface area contributed by atoms with Crippen LogP contribution in [0.3, 0.4) is 0 Å². The smallest absolute Gasteiger partial charge is 0.231 e. The van der Waals surface area contributed by atoms with Crippen LogP contribution in [0.15, 0.2) is 30.3 Å². The van der Waals surface area contributed by atoms with Crippen molar-refractivity contribution in [1.29, 1.82) is 0 Å². The first-order valence-electron chi connectivity index (χ1n) is 9.22. The van der Waals surface area contributed by atoms with E-state index in [1.54, 1.807) is 0 Å². The van der Waals surface area contributed by atoms with Crippen LogP contribution in [0.4, 0.5) is 5.69 Å². The molecule has 0 aromatic heterocycles. The number of carbonyl (C=O) groups is 1. The molecule has 0 radical (unpaired) electrons. The Balaban J connectivity index is 1.75. The Hall–Kier alpha value is -2.89. The first-order chi connectivity index (χ1) is 13.0. The standard InChI is InChI=1S/C21H23NO5/c1-4-24-18-7-13(5-6-17(18)27-12(2)3)14-9-21(23)22-16-10-20-19(8-15(14)16)25-11-26-20/h5-8,10,12,14H,4,9,11H2,1-3H3,(H,22,23)/t14-/m1/s1. The molecule has 27 heavy (non-hydrogen) atoms. The summed E-state index contributed by atoms with van der Waals surface area (Å²) in [5.74, 6) is 2.66. The van der Waals surface area contributed by atoms with E-state index >= 15 is 0 Å². The predicted molar refractivity (Wildman–Crippen MR) is 101 cm³/mol. The normalized spacial score (nSPS) is 17.5. The Kier molecular flexibility index (Phi) is 4.56. The fraction of sp³-hybridized carbons (Fsp3) is 0.381. The van der Waals surface area contributed by atoms with Crippen LogP contribution in [0.25, 0.3) is 0 Å². The van der Waals surface area contributed by atoms with Gasteiger partial charge < -0.3 is 24.3 Å². The molecule has 2 aromatic carbocycles. The van der Waals surface area contributed by atoms with Crippen LogP contribution in [0.2, 0.25) is 0 Å². The second-order valence-electron chi connectivity index (χ2n) is 6.90. The maximum atomic E-state index is 12.3. The van der Waals surface area contributed by atoms with Crippen LogP contribution < -0.4 is 24.3 Å². The Bertz CT molecular complexity index is 877. The molecule has 2 aromatic rings. The zero-order valence-electron chi connectivity index (χ0n) is 15.7. The van der Waals surface area contributed by atoms with Crippen molar-refractivity contribution >= 4 is 11.6 Å². The lowest BCUT2D eigenvalue weighted by Crippen LogP contribution is -2.23. The molecule has 0 bridgehead atoms. The molecule has 6 nitrogen and oxygen atoms in total. The predicted octanol–water partition coefficient (Wildman–Crippen LogP) is 4.08. The molecule has 4 rings (SSSR count). The van der Waals surface area contributed by atoms with Gasteiger partial charge in [-0.25, -0.2) is 0 Å². The van der Waals surface area contributed by atoms with E-state index in [0.717, 1.165) is 16.8 Å². The molecule has 0 saturated carbocycles. The van der Waals surface area contributed by atoms with Gasteiger partial charge in [0.2, 0.25) is 12.7 Å². The fourth-order valence-electron chi connectivity index (χ4n) is 3.51. The Morgan fingerprint density at radius 3 is 2.67 bits per heavy atom. The monoisotopic (exact) mass is 369 g/mol. The minimum absolute atomic E-state index is 0.0215. The Morgan fingerprint density at radius 2 is 1.93 bits per heavy atom. The molecular formula is C21H23NO5. The maximum absolute atomic E-state index is 12.3. The van der Waals surface area contributed by atoms with Gasteiger partial charge in [0.1, 0.15) is 0 Å². The topological polar surface area (TPSA) is 66.0 Å². The van der Waals surface area contributed by atoms with Gasteiger partial charge >= 0.3 is 0 Å². The van der Waals surface area contributed by atoms with Gasteiger partial charge in [-0.1, -0.05) is 6.07 Å². The van der Waals surface area contributed by atoms with Gasteiger partial charge in [-0.05, 0) is 50.1 Å². The molecule has 2 heterocycles. The zero-order valence-corrected chi connectivity index (χ0v) is 15.7. The molecule has 1 atom stereocenters. The van der Waals surface area contributed by atoms with Crippen molar-refractivity contribution in [2.75, 3.05) is 18.7 Å². The number of benzene rings is 2. The highest BCUT2D eigenvalue weighted by molar-refractivity contribution is 5.96. The average Bonchev–Trinajstić information content (AvgIpc) is 3.08. The summed E-state index contributed by atoms with van der Waals surface area (Å²) in [4.78, 5) is 12.3. The molecule has 2 aliphatic rings. The third kappa shape index (κ3) is 3.39. The van der Waals surface area contributed by atoms with Crippen molar-refractivity contribution in [3.05, 3.63) is 41.5 Å². The largest absolute Gasteiger partial charge is 0.490 e. The first-order valence-corrected chi connectivity index (χ1v) is 9.22. The van der Waals surface area contributed by atoms with E-state index < -0.39 is 0 Å². The summed E-state index contributed by atoms with van der Waals surface area (Å²) in [6.45, 7) is 6.64. The summed E-state index contributed by atoms with van der Waals surface area (Å²) in [5, 5.41) is 2.94. The molecule has 0 unspecified atom stereocenters. The average molecular weight is 369 g/mol. The summed E-state index contributed by atoms with van der Waals surface area (Å²) in [5.41, 5.74) is 2.78. The summed E-state index contributed by atoms with van der Waals surface area (Å²) in [6, 6.07) is 9.68. The minimum Gasteiger partial charge on any atom is -0.490 e. The summed E-state index contributed by atoms with van der Waals surface area (Å²) in [7, 11) is 0. The number of fused-ring (bicyclic) bond motifs is 2. The molecule has 0 fully saturated rings. The van der Waals surface area contributed by atoms with Gasteiger partial charge in [-0.15, -0.1) is 0 Å². The van der Waals surface area contributed by atoms with Crippen molar-refractivity contribution < 1.29 is 23.7 Å². The molecule has 142 valence electrons. The molecule has 0 aliphatic carbocycles. The number of nitrogens with one attached hydrogen (secondary N) is 1. The van der Waals surface area contributed by atoms with Crippen LogP contribution >= 0.6 is 0 Å². The van der Waals surface area contributed by atoms with E-state index in [0.29, 0.717) is 36.0 Å². The van der Waals surface area contributed by atoms with Crippen molar-refractivity contribution in [1.82, 2.24) is 0 Å². The second-order valence-corrected chi connectivity index (χ2v) is 6.90. The van der Waals surface area contributed by atoms with Gasteiger partial charge in [0.05, 0.1) is 12.7 Å². The van der Waals surface area contributed by atoms with Crippen LogP contribution in [-0.4, -0.2) is 25.4 Å². The Labute approximate surface area is 158 Å². The zero-order chi connectivity index (χ0) is 19.0. The third-order valence-corrected chi connectivity index (χ3v) is 4.62. The number of amides is 1. The van der Waals surface area contributed by atoms with E-state index in [1.165, 1.54) is 0 Å². The number of ether oxygens (including phenoxy) is 4. The maximum Gasteiger partial charge on any atom is 0.231 e. The van der Waals surface area contributed by atoms with E-state index in [-0.39, 0.29) is 24.7 Å². The highest BCUT2D eigenvalue weighted by Crippen LogP contribution is 2.45. The quantitative estimate of drug-likeness (QED) is 0.860. The molecule has 0 saturated heterocycles. The van der Waals surface area contributed by atoms with Gasteiger partial charge in [-0.3, -0.25) is 4.79 Å². The van der Waals surface area contributed by atoms with Crippen molar-refractivity contribution in [2.24, 2.45) is 0 Å². The van der Waals surface area contributed by atoms with Crippen molar-refractivity contribution in [3.63, 3.8) is 0 Å². The number of hydrogen-bond acceptors (Lipinski definition) is 5. The fourth-order valence-corrected chi connectivity index (χ4v) is 3.51. The van der Waals surface area contributed by atoms with Gasteiger partial charge in [0.25, 0.3) is 0 Å². The number of hydrogen-bond donors (Lipinski definition) is 1. The molecule has 6 heteroatoms. The van der Waals surface area contributed by atoms with Crippen molar-refractivity contribution in [2.45, 2.75) is 39.2 Å². The molecule has 0 spiro atoms. The van der Waals surface area contributed by atoms with E-state index in [2.05, 4.69) is 5.32 Å². The van der Waals surface area contributed by atoms with E-state index in [4.69, 9.17) is 18.9 Å². The van der Waals surface area contributed by atoms with Crippen LogP contribution in [-0.2, 0) is 4.79 Å². The van der Waals surface area contributed by atoms with E-state index in [1.807, 2.05) is 51.1 Å². The summed E-state index contributed by atoms with van der Waals surface area (Å²) in [6.07, 6.45) is 0.416. The third-order valence-electron chi connectivity index (χ3n) is 4.62. The summed E-state index contributed by atoms with van der Waals surface area (Å²) >= 11 is 0.